The number of rotatable bonds is 2. The van der Waals surface area contributed by atoms with Gasteiger partial charge in [-0.25, -0.2) is 4.39 Å². The summed E-state index contributed by atoms with van der Waals surface area (Å²) >= 11 is 6.07. The van der Waals surface area contributed by atoms with Crippen molar-refractivity contribution in [3.63, 3.8) is 0 Å². The zero-order chi connectivity index (χ0) is 18.3. The van der Waals surface area contributed by atoms with Crippen molar-refractivity contribution in [2.45, 2.75) is 6.92 Å². The van der Waals surface area contributed by atoms with Gasteiger partial charge in [0.1, 0.15) is 11.5 Å². The van der Waals surface area contributed by atoms with Crippen molar-refractivity contribution < 1.29 is 9.18 Å². The molecule has 3 aromatic rings. The third-order valence-electron chi connectivity index (χ3n) is 4.99. The third kappa shape index (κ3) is 2.92. The summed E-state index contributed by atoms with van der Waals surface area (Å²) in [4.78, 5) is 20.0. The Morgan fingerprint density at radius 2 is 1.85 bits per heavy atom. The second-order valence-corrected chi connectivity index (χ2v) is 6.98. The minimum atomic E-state index is -0.226. The van der Waals surface area contributed by atoms with Crippen LogP contribution in [0.15, 0.2) is 42.5 Å². The van der Waals surface area contributed by atoms with E-state index in [-0.39, 0.29) is 11.7 Å². The van der Waals surface area contributed by atoms with Crippen LogP contribution < -0.4 is 4.90 Å². The molecule has 4 nitrogen and oxygen atoms in total. The quantitative estimate of drug-likeness (QED) is 0.732. The van der Waals surface area contributed by atoms with Crippen LogP contribution in [0.2, 0.25) is 5.02 Å². The van der Waals surface area contributed by atoms with E-state index >= 15 is 0 Å². The number of nitrogens with one attached hydrogen (secondary N) is 1. The van der Waals surface area contributed by atoms with Crippen LogP contribution in [0, 0.1) is 12.7 Å². The summed E-state index contributed by atoms with van der Waals surface area (Å²) in [5, 5.41) is 1.61. The molecule has 1 N–H and O–H groups in total. The number of aromatic amines is 1. The molecule has 0 aliphatic carbocycles. The first-order chi connectivity index (χ1) is 12.5. The molecule has 1 saturated heterocycles. The maximum atomic E-state index is 14.0. The summed E-state index contributed by atoms with van der Waals surface area (Å²) in [5.41, 5.74) is 3.00. The number of anilines is 1. The number of hydrogen-bond acceptors (Lipinski definition) is 2. The van der Waals surface area contributed by atoms with Crippen LogP contribution in [-0.2, 0) is 0 Å². The van der Waals surface area contributed by atoms with E-state index in [1.807, 2.05) is 34.9 Å². The van der Waals surface area contributed by atoms with Gasteiger partial charge in [0.05, 0.1) is 5.69 Å². The Morgan fingerprint density at radius 1 is 1.12 bits per heavy atom. The first kappa shape index (κ1) is 16.9. The summed E-state index contributed by atoms with van der Waals surface area (Å²) in [5.74, 6) is -0.251. The van der Waals surface area contributed by atoms with Crippen LogP contribution in [0.5, 0.6) is 0 Å². The van der Waals surface area contributed by atoms with Crippen LogP contribution >= 0.6 is 11.6 Å². The van der Waals surface area contributed by atoms with Crippen molar-refractivity contribution in [2.24, 2.45) is 0 Å². The maximum Gasteiger partial charge on any atom is 0.270 e. The van der Waals surface area contributed by atoms with Crippen LogP contribution in [-0.4, -0.2) is 42.0 Å². The lowest BCUT2D eigenvalue weighted by Crippen LogP contribution is -2.49. The summed E-state index contributed by atoms with van der Waals surface area (Å²) in [6, 6.07) is 12.3. The van der Waals surface area contributed by atoms with Crippen LogP contribution in [0.4, 0.5) is 10.1 Å². The molecule has 1 aliphatic heterocycles. The number of halogens is 2. The SMILES string of the molecule is Cc1c(C(=O)N2CCN(c3ccccc3F)CC2)[nH]c2ccc(Cl)cc12. The molecule has 0 spiro atoms. The van der Waals surface area contributed by atoms with Crippen molar-refractivity contribution >= 4 is 34.1 Å². The van der Waals surface area contributed by atoms with E-state index < -0.39 is 0 Å². The number of carbonyl (C=O) groups excluding carboxylic acids is 1. The fourth-order valence-electron chi connectivity index (χ4n) is 3.53. The van der Waals surface area contributed by atoms with Gasteiger partial charge in [0.25, 0.3) is 5.91 Å². The Hall–Kier alpha value is -2.53. The number of piperazine rings is 1. The van der Waals surface area contributed by atoms with Crippen LogP contribution in [0.25, 0.3) is 10.9 Å². The van der Waals surface area contributed by atoms with Gasteiger partial charge >= 0.3 is 0 Å². The molecule has 1 amide bonds. The average molecular weight is 372 g/mol. The number of hydrogen-bond donors (Lipinski definition) is 1. The van der Waals surface area contributed by atoms with E-state index in [4.69, 9.17) is 11.6 Å². The number of carbonyl (C=O) groups is 1. The van der Waals surface area contributed by atoms with E-state index in [0.717, 1.165) is 16.5 Å². The summed E-state index contributed by atoms with van der Waals surface area (Å²) in [6.45, 7) is 4.26. The summed E-state index contributed by atoms with van der Waals surface area (Å²) in [7, 11) is 0. The summed E-state index contributed by atoms with van der Waals surface area (Å²) in [6.07, 6.45) is 0. The fraction of sp³-hybridized carbons (Fsp3) is 0.250. The van der Waals surface area contributed by atoms with Gasteiger partial charge < -0.3 is 14.8 Å². The molecule has 2 aromatic carbocycles. The molecule has 0 radical (unpaired) electrons. The minimum Gasteiger partial charge on any atom is -0.366 e. The normalized spacial score (nSPS) is 14.9. The van der Waals surface area contributed by atoms with Crippen molar-refractivity contribution in [1.82, 2.24) is 9.88 Å². The molecule has 1 aromatic heterocycles. The number of amides is 1. The van der Waals surface area contributed by atoms with E-state index in [2.05, 4.69) is 4.98 Å². The lowest BCUT2D eigenvalue weighted by atomic mass is 10.1. The van der Waals surface area contributed by atoms with E-state index in [1.54, 1.807) is 18.2 Å². The van der Waals surface area contributed by atoms with E-state index in [0.29, 0.717) is 42.6 Å². The Labute approximate surface area is 156 Å². The second kappa shape index (κ2) is 6.65. The lowest BCUT2D eigenvalue weighted by molar-refractivity contribution is 0.0741. The molecule has 2 heterocycles. The molecule has 4 rings (SSSR count). The first-order valence-electron chi connectivity index (χ1n) is 8.61. The number of fused-ring (bicyclic) bond motifs is 1. The Morgan fingerprint density at radius 3 is 2.58 bits per heavy atom. The van der Waals surface area contributed by atoms with Gasteiger partial charge in [0.2, 0.25) is 0 Å². The fourth-order valence-corrected chi connectivity index (χ4v) is 3.70. The standard InChI is InChI=1S/C20H19ClFN3O/c1-13-15-12-14(21)6-7-17(15)23-19(13)20(26)25-10-8-24(9-11-25)18-5-3-2-4-16(18)22/h2-7,12,23H,8-11H2,1H3. The van der Waals surface area contributed by atoms with Gasteiger partial charge in [-0.15, -0.1) is 0 Å². The van der Waals surface area contributed by atoms with Gasteiger partial charge in [-0.05, 0) is 42.8 Å². The average Bonchev–Trinajstić information content (AvgIpc) is 2.98. The number of nitrogens with zero attached hydrogens (tertiary/aromatic N) is 2. The molecular formula is C20H19ClFN3O. The molecule has 0 saturated carbocycles. The highest BCUT2D eigenvalue weighted by Crippen LogP contribution is 2.26. The minimum absolute atomic E-state index is 0.0250. The van der Waals surface area contributed by atoms with Crippen molar-refractivity contribution in [2.75, 3.05) is 31.1 Å². The van der Waals surface area contributed by atoms with E-state index in [1.165, 1.54) is 6.07 Å². The van der Waals surface area contributed by atoms with E-state index in [9.17, 15) is 9.18 Å². The zero-order valence-corrected chi connectivity index (χ0v) is 15.2. The molecule has 6 heteroatoms. The van der Waals surface area contributed by atoms with Gasteiger partial charge in [-0.1, -0.05) is 23.7 Å². The van der Waals surface area contributed by atoms with Crippen molar-refractivity contribution in [3.8, 4) is 0 Å². The Kier molecular flexibility index (Phi) is 4.32. The van der Waals surface area contributed by atoms with Crippen molar-refractivity contribution in [1.29, 1.82) is 0 Å². The maximum absolute atomic E-state index is 14.0. The molecule has 134 valence electrons. The van der Waals surface area contributed by atoms with Gasteiger partial charge in [0.15, 0.2) is 0 Å². The number of H-pyrrole nitrogens is 1. The molecule has 1 aliphatic rings. The highest BCUT2D eigenvalue weighted by Gasteiger charge is 2.26. The second-order valence-electron chi connectivity index (χ2n) is 6.55. The number of benzene rings is 2. The molecule has 1 fully saturated rings. The van der Waals surface area contributed by atoms with Crippen molar-refractivity contribution in [3.05, 3.63) is 64.6 Å². The third-order valence-corrected chi connectivity index (χ3v) is 5.23. The van der Waals surface area contributed by atoms with Gasteiger partial charge in [-0.3, -0.25) is 4.79 Å². The molecule has 0 unspecified atom stereocenters. The predicted molar refractivity (Wildman–Crippen MR) is 103 cm³/mol. The highest BCUT2D eigenvalue weighted by molar-refractivity contribution is 6.31. The molecule has 26 heavy (non-hydrogen) atoms. The Balaban J connectivity index is 1.52. The molecule has 0 bridgehead atoms. The largest absolute Gasteiger partial charge is 0.366 e. The molecular weight excluding hydrogens is 353 g/mol. The number of aromatic nitrogens is 1. The number of aryl methyl sites for hydroxylation is 1. The number of para-hydroxylation sites is 1. The van der Waals surface area contributed by atoms with Gasteiger partial charge in [-0.2, -0.15) is 0 Å². The predicted octanol–water partition coefficient (Wildman–Crippen LogP) is 4.23. The van der Waals surface area contributed by atoms with Gasteiger partial charge in [0, 0.05) is 42.1 Å². The first-order valence-corrected chi connectivity index (χ1v) is 8.99. The highest BCUT2D eigenvalue weighted by atomic mass is 35.5. The monoisotopic (exact) mass is 371 g/mol. The Bertz CT molecular complexity index is 976. The smallest absolute Gasteiger partial charge is 0.270 e. The molecule has 0 atom stereocenters. The zero-order valence-electron chi connectivity index (χ0n) is 14.4. The van der Waals surface area contributed by atoms with Crippen LogP contribution in [0.1, 0.15) is 16.1 Å². The lowest BCUT2D eigenvalue weighted by Gasteiger charge is -2.36. The summed E-state index contributed by atoms with van der Waals surface area (Å²) < 4.78 is 14.0. The van der Waals surface area contributed by atoms with Crippen LogP contribution in [0.3, 0.4) is 0 Å². The topological polar surface area (TPSA) is 39.3 Å².